The molecule has 2 heterocycles. The van der Waals surface area contributed by atoms with Crippen LogP contribution >= 0.6 is 11.8 Å². The number of nitrogens with one attached hydrogen (secondary N) is 1. The molecular formula is C26H28N4O4S. The first-order valence-corrected chi connectivity index (χ1v) is 12.2. The van der Waals surface area contributed by atoms with E-state index in [2.05, 4.69) is 10.1 Å². The lowest BCUT2D eigenvalue weighted by Crippen LogP contribution is -2.35. The van der Waals surface area contributed by atoms with Crippen molar-refractivity contribution in [1.29, 1.82) is 5.41 Å². The maximum absolute atomic E-state index is 12.5. The van der Waals surface area contributed by atoms with Gasteiger partial charge in [0.2, 0.25) is 5.17 Å². The molecule has 0 spiro atoms. The molecule has 9 heteroatoms. The molecule has 2 aliphatic heterocycles. The molecule has 0 saturated heterocycles. The van der Waals surface area contributed by atoms with Crippen LogP contribution in [-0.4, -0.2) is 53.4 Å². The van der Waals surface area contributed by atoms with Crippen molar-refractivity contribution in [2.75, 3.05) is 26.4 Å². The number of hydrogen-bond donors (Lipinski definition) is 1. The summed E-state index contributed by atoms with van der Waals surface area (Å²) in [7, 11) is 0. The van der Waals surface area contributed by atoms with Crippen LogP contribution in [0.25, 0.3) is 6.08 Å². The Kier molecular flexibility index (Phi) is 7.99. The van der Waals surface area contributed by atoms with Gasteiger partial charge in [-0.3, -0.25) is 10.2 Å². The number of rotatable bonds is 10. The van der Waals surface area contributed by atoms with E-state index in [1.54, 1.807) is 6.08 Å². The summed E-state index contributed by atoms with van der Waals surface area (Å²) in [6, 6.07) is 15.2. The Morgan fingerprint density at radius 3 is 2.17 bits per heavy atom. The zero-order valence-corrected chi connectivity index (χ0v) is 20.8. The van der Waals surface area contributed by atoms with Crippen molar-refractivity contribution in [3.8, 4) is 11.5 Å². The van der Waals surface area contributed by atoms with Crippen LogP contribution in [0.15, 0.2) is 64.2 Å². The van der Waals surface area contributed by atoms with Gasteiger partial charge in [-0.25, -0.2) is 0 Å². The predicted molar refractivity (Wildman–Crippen MR) is 139 cm³/mol. The molecule has 2 aromatic carbocycles. The SMILES string of the molecule is Cc1ccc(OCCOCCOc2ccc(C=C3C(=N)N4N=C(C(C)C)SC4=NC3=O)cc2)cc1. The fourth-order valence-electron chi connectivity index (χ4n) is 3.24. The molecule has 0 unspecified atom stereocenters. The minimum atomic E-state index is -0.433. The predicted octanol–water partition coefficient (Wildman–Crippen LogP) is 4.74. The second-order valence-corrected chi connectivity index (χ2v) is 9.29. The van der Waals surface area contributed by atoms with Gasteiger partial charge in [-0.05, 0) is 54.6 Å². The van der Waals surface area contributed by atoms with E-state index in [-0.39, 0.29) is 17.3 Å². The molecule has 0 radical (unpaired) electrons. The van der Waals surface area contributed by atoms with Gasteiger partial charge in [-0.1, -0.05) is 43.7 Å². The summed E-state index contributed by atoms with van der Waals surface area (Å²) in [5, 5.41) is 15.6. The van der Waals surface area contributed by atoms with E-state index < -0.39 is 5.91 Å². The van der Waals surface area contributed by atoms with Gasteiger partial charge in [0, 0.05) is 5.92 Å². The Morgan fingerprint density at radius 2 is 1.57 bits per heavy atom. The van der Waals surface area contributed by atoms with Crippen LogP contribution < -0.4 is 9.47 Å². The second-order valence-electron chi connectivity index (χ2n) is 8.30. The third-order valence-electron chi connectivity index (χ3n) is 5.17. The standard InChI is InChI=1S/C26H28N4O4S/c1-17(2)25-29-30-23(27)22(24(31)28-26(30)35-25)16-19-6-10-21(11-7-19)34-15-13-32-12-14-33-20-8-4-18(3)5-9-20/h4-11,16-17,27H,12-15H2,1-3H3. The van der Waals surface area contributed by atoms with Crippen molar-refractivity contribution in [1.82, 2.24) is 5.01 Å². The molecule has 8 nitrogen and oxygen atoms in total. The minimum Gasteiger partial charge on any atom is -0.491 e. The third-order valence-corrected chi connectivity index (χ3v) is 6.38. The lowest BCUT2D eigenvalue weighted by Gasteiger charge is -2.20. The topological polar surface area (TPSA) is 96.6 Å². The van der Waals surface area contributed by atoms with Gasteiger partial charge in [0.15, 0.2) is 5.84 Å². The Bertz CT molecular complexity index is 1170. The van der Waals surface area contributed by atoms with E-state index in [1.807, 2.05) is 69.3 Å². The first kappa shape index (κ1) is 24.7. The highest BCUT2D eigenvalue weighted by Gasteiger charge is 2.36. The number of nitrogens with zero attached hydrogens (tertiary/aromatic N) is 3. The number of fused-ring (bicyclic) bond motifs is 1. The number of amides is 1. The van der Waals surface area contributed by atoms with Gasteiger partial charge in [0.1, 0.15) is 29.8 Å². The zero-order chi connectivity index (χ0) is 24.8. The van der Waals surface area contributed by atoms with Gasteiger partial charge in [-0.15, -0.1) is 0 Å². The maximum atomic E-state index is 12.5. The van der Waals surface area contributed by atoms with Gasteiger partial charge in [0.25, 0.3) is 5.91 Å². The number of aliphatic imine (C=N–C) groups is 1. The molecule has 2 aromatic rings. The fraction of sp³-hybridized carbons (Fsp3) is 0.308. The summed E-state index contributed by atoms with van der Waals surface area (Å²) >= 11 is 1.34. The van der Waals surface area contributed by atoms with Crippen molar-refractivity contribution < 1.29 is 19.0 Å². The molecule has 0 aliphatic carbocycles. The van der Waals surface area contributed by atoms with Gasteiger partial charge in [-0.2, -0.15) is 15.1 Å². The molecule has 0 fully saturated rings. The van der Waals surface area contributed by atoms with Gasteiger partial charge in [0.05, 0.1) is 18.8 Å². The molecule has 2 aliphatic rings. The number of benzene rings is 2. The second kappa shape index (κ2) is 11.3. The molecule has 35 heavy (non-hydrogen) atoms. The fourth-order valence-corrected chi connectivity index (χ4v) is 4.13. The molecule has 0 saturated carbocycles. The number of carbonyl (C=O) groups is 1. The number of carbonyl (C=O) groups excluding carboxylic acids is 1. The van der Waals surface area contributed by atoms with E-state index in [1.165, 1.54) is 22.3 Å². The summed E-state index contributed by atoms with van der Waals surface area (Å²) in [4.78, 5) is 16.6. The third kappa shape index (κ3) is 6.37. The number of ether oxygens (including phenoxy) is 3. The van der Waals surface area contributed by atoms with E-state index in [0.717, 1.165) is 16.4 Å². The minimum absolute atomic E-state index is 0.0342. The first-order chi connectivity index (χ1) is 16.9. The molecule has 4 rings (SSSR count). The van der Waals surface area contributed by atoms with E-state index in [0.29, 0.717) is 37.3 Å². The van der Waals surface area contributed by atoms with Crippen LogP contribution in [0.5, 0.6) is 11.5 Å². The largest absolute Gasteiger partial charge is 0.491 e. The number of thioether (sulfide) groups is 1. The smallest absolute Gasteiger partial charge is 0.283 e. The molecule has 1 N–H and O–H groups in total. The summed E-state index contributed by atoms with van der Waals surface area (Å²) in [6.07, 6.45) is 1.65. The van der Waals surface area contributed by atoms with Crippen molar-refractivity contribution >= 4 is 39.8 Å². The molecule has 182 valence electrons. The average molecular weight is 493 g/mol. The Labute approximate surface area is 209 Å². The summed E-state index contributed by atoms with van der Waals surface area (Å²) in [5.74, 6) is 1.33. The number of hydrazone groups is 1. The van der Waals surface area contributed by atoms with Crippen molar-refractivity contribution in [2.45, 2.75) is 20.8 Å². The zero-order valence-electron chi connectivity index (χ0n) is 20.0. The lowest BCUT2D eigenvalue weighted by molar-refractivity contribution is -0.114. The maximum Gasteiger partial charge on any atom is 0.283 e. The Hall–Kier alpha value is -3.43. The Morgan fingerprint density at radius 1 is 0.971 bits per heavy atom. The Balaban J connectivity index is 1.23. The van der Waals surface area contributed by atoms with Crippen LogP contribution in [0.1, 0.15) is 25.0 Å². The molecule has 1 amide bonds. The van der Waals surface area contributed by atoms with Gasteiger partial charge >= 0.3 is 0 Å². The normalized spacial score (nSPS) is 16.5. The molecule has 0 aromatic heterocycles. The summed E-state index contributed by atoms with van der Waals surface area (Å²) in [6.45, 7) is 7.89. The van der Waals surface area contributed by atoms with Crippen LogP contribution in [0.3, 0.4) is 0 Å². The van der Waals surface area contributed by atoms with Crippen LogP contribution in [0.2, 0.25) is 0 Å². The van der Waals surface area contributed by atoms with Crippen LogP contribution in [0, 0.1) is 18.3 Å². The molecule has 0 atom stereocenters. The quantitative estimate of drug-likeness (QED) is 0.380. The number of aryl methyl sites for hydroxylation is 1. The molecule has 0 bridgehead atoms. The molecular weight excluding hydrogens is 464 g/mol. The summed E-state index contributed by atoms with van der Waals surface area (Å²) in [5.41, 5.74) is 2.17. The van der Waals surface area contributed by atoms with Crippen molar-refractivity contribution in [3.05, 3.63) is 65.2 Å². The highest BCUT2D eigenvalue weighted by Crippen LogP contribution is 2.30. The van der Waals surface area contributed by atoms with Crippen molar-refractivity contribution in [2.24, 2.45) is 16.0 Å². The highest BCUT2D eigenvalue weighted by atomic mass is 32.2. The monoisotopic (exact) mass is 492 g/mol. The highest BCUT2D eigenvalue weighted by molar-refractivity contribution is 8.27. The number of hydrogen-bond acceptors (Lipinski definition) is 7. The summed E-state index contributed by atoms with van der Waals surface area (Å²) < 4.78 is 16.9. The van der Waals surface area contributed by atoms with Crippen LogP contribution in [0.4, 0.5) is 0 Å². The van der Waals surface area contributed by atoms with Crippen LogP contribution in [-0.2, 0) is 9.53 Å². The first-order valence-electron chi connectivity index (χ1n) is 11.4. The van der Waals surface area contributed by atoms with E-state index in [4.69, 9.17) is 19.6 Å². The van der Waals surface area contributed by atoms with Gasteiger partial charge < -0.3 is 14.2 Å². The average Bonchev–Trinajstić information content (AvgIpc) is 3.28. The number of amidine groups is 2. The lowest BCUT2D eigenvalue weighted by atomic mass is 10.1. The van der Waals surface area contributed by atoms with E-state index >= 15 is 0 Å². The van der Waals surface area contributed by atoms with E-state index in [9.17, 15) is 4.79 Å². The van der Waals surface area contributed by atoms with Crippen molar-refractivity contribution in [3.63, 3.8) is 0 Å².